The maximum Gasteiger partial charge on any atom is 0.0974 e. The van der Waals surface area contributed by atoms with E-state index in [4.69, 9.17) is 9.97 Å². The largest absolute Gasteiger partial charge is 0.250 e. The van der Waals surface area contributed by atoms with E-state index in [0.717, 1.165) is 84.0 Å². The topological polar surface area (TPSA) is 25.8 Å². The van der Waals surface area contributed by atoms with Crippen molar-refractivity contribution in [2.75, 3.05) is 12.3 Å². The molecule has 2 heterocycles. The number of unbranched alkanes of at least 4 members (excludes halogenated alkanes) is 2. The lowest BCUT2D eigenvalue weighted by Crippen LogP contribution is -2.14. The predicted octanol–water partition coefficient (Wildman–Crippen LogP) is 13.0. The van der Waals surface area contributed by atoms with Gasteiger partial charge in [-0.1, -0.05) is 194 Å². The minimum absolute atomic E-state index is 0.419. The van der Waals surface area contributed by atoms with Crippen molar-refractivity contribution in [3.63, 3.8) is 0 Å². The number of aryl methyl sites for hydroxylation is 2. The van der Waals surface area contributed by atoms with Crippen molar-refractivity contribution in [3.05, 3.63) is 218 Å². The fraction of sp³-hybridized carbons (Fsp3) is 0.143. The van der Waals surface area contributed by atoms with Crippen LogP contribution >= 0.6 is 15.8 Å². The number of hydrogen-bond acceptors (Lipinski definition) is 2. The standard InChI is InChI=1S/C56H50N2P2/c1-7-23-43(24-8-1)53-41-45(27-19-21-39-59(47-29-11-3-12-30-47)48-31-13-4-14-32-48)57-55-51(53)37-38-52-54(44-25-9-2-10-26-44)42-46(58-56(52)55)28-20-22-40-60(49-33-15-5-16-34-49)50-35-17-6-18-36-50/h1-18,23-26,29-38,41-42H,19-22,27-28,39-40H2. The van der Waals surface area contributed by atoms with Gasteiger partial charge in [0.05, 0.1) is 11.0 Å². The first kappa shape index (κ1) is 39.7. The van der Waals surface area contributed by atoms with Crippen molar-refractivity contribution in [1.29, 1.82) is 0 Å². The molecule has 0 unspecified atom stereocenters. The lowest BCUT2D eigenvalue weighted by molar-refractivity contribution is 0.783. The first-order valence-corrected chi connectivity index (χ1v) is 24.5. The number of pyridine rings is 2. The highest BCUT2D eigenvalue weighted by Gasteiger charge is 2.18. The summed E-state index contributed by atoms with van der Waals surface area (Å²) >= 11 is 0. The summed E-state index contributed by atoms with van der Waals surface area (Å²) in [5.74, 6) is 0. The van der Waals surface area contributed by atoms with Crippen LogP contribution in [0, 0.1) is 0 Å². The van der Waals surface area contributed by atoms with Gasteiger partial charge < -0.3 is 0 Å². The van der Waals surface area contributed by atoms with Crippen molar-refractivity contribution in [1.82, 2.24) is 9.97 Å². The highest BCUT2D eigenvalue weighted by molar-refractivity contribution is 7.73. The zero-order valence-electron chi connectivity index (χ0n) is 34.1. The first-order valence-electron chi connectivity index (χ1n) is 21.4. The molecule has 0 bridgehead atoms. The second kappa shape index (κ2) is 19.5. The Hall–Kier alpha value is -5.78. The highest BCUT2D eigenvalue weighted by atomic mass is 31.1. The number of rotatable bonds is 16. The van der Waals surface area contributed by atoms with Crippen LogP contribution in [0.25, 0.3) is 44.1 Å². The second-order valence-corrected chi connectivity index (χ2v) is 20.1. The van der Waals surface area contributed by atoms with Gasteiger partial charge in [0.2, 0.25) is 0 Å². The summed E-state index contributed by atoms with van der Waals surface area (Å²) in [4.78, 5) is 11.1. The van der Waals surface area contributed by atoms with Gasteiger partial charge in [0, 0.05) is 22.2 Å². The Bertz CT molecular complexity index is 2470. The molecule has 0 aliphatic heterocycles. The smallest absolute Gasteiger partial charge is 0.0974 e. The zero-order chi connectivity index (χ0) is 40.4. The lowest BCUT2D eigenvalue weighted by Gasteiger charge is -2.19. The number of hydrogen-bond donors (Lipinski definition) is 0. The molecule has 9 aromatic rings. The third-order valence-corrected chi connectivity index (χ3v) is 16.6. The molecule has 0 saturated carbocycles. The average Bonchev–Trinajstić information content (AvgIpc) is 3.32. The number of fused-ring (bicyclic) bond motifs is 3. The van der Waals surface area contributed by atoms with E-state index in [2.05, 4.69) is 206 Å². The van der Waals surface area contributed by atoms with Gasteiger partial charge in [-0.2, -0.15) is 0 Å². The molecule has 4 heteroatoms. The summed E-state index contributed by atoms with van der Waals surface area (Å²) < 4.78 is 0. The van der Waals surface area contributed by atoms with E-state index < -0.39 is 15.8 Å². The third kappa shape index (κ3) is 9.32. The molecule has 294 valence electrons. The Balaban J connectivity index is 1.04. The summed E-state index contributed by atoms with van der Waals surface area (Å²) in [5, 5.41) is 8.12. The van der Waals surface area contributed by atoms with E-state index in [1.165, 1.54) is 43.5 Å². The van der Waals surface area contributed by atoms with E-state index in [9.17, 15) is 0 Å². The van der Waals surface area contributed by atoms with Crippen LogP contribution in [0.5, 0.6) is 0 Å². The number of nitrogens with zero attached hydrogens (tertiary/aromatic N) is 2. The van der Waals surface area contributed by atoms with Gasteiger partial charge in [0.15, 0.2) is 0 Å². The van der Waals surface area contributed by atoms with Gasteiger partial charge in [-0.05, 0) is 122 Å². The summed E-state index contributed by atoms with van der Waals surface area (Å²) in [5.41, 5.74) is 9.20. The quantitative estimate of drug-likeness (QED) is 0.0552. The highest BCUT2D eigenvalue weighted by Crippen LogP contribution is 2.39. The first-order chi connectivity index (χ1) is 29.8. The van der Waals surface area contributed by atoms with E-state index in [-0.39, 0.29) is 0 Å². The molecule has 7 aromatic carbocycles. The van der Waals surface area contributed by atoms with Gasteiger partial charge in [0.25, 0.3) is 0 Å². The molecule has 2 nitrogen and oxygen atoms in total. The second-order valence-electron chi connectivity index (χ2n) is 15.5. The summed E-state index contributed by atoms with van der Waals surface area (Å²) in [6.07, 6.45) is 8.62. The Labute approximate surface area is 357 Å². The molecular formula is C56H50N2P2. The zero-order valence-corrected chi connectivity index (χ0v) is 35.9. The Morgan fingerprint density at radius 1 is 0.317 bits per heavy atom. The number of aromatic nitrogens is 2. The van der Waals surface area contributed by atoms with Gasteiger partial charge in [-0.25, -0.2) is 0 Å². The average molecular weight is 813 g/mol. The summed E-state index contributed by atoms with van der Waals surface area (Å²) in [7, 11) is -0.838. The molecule has 2 aromatic heterocycles. The van der Waals surface area contributed by atoms with Crippen LogP contribution in [-0.4, -0.2) is 22.3 Å². The van der Waals surface area contributed by atoms with E-state index in [1.807, 2.05) is 0 Å². The molecule has 0 spiro atoms. The maximum atomic E-state index is 5.53. The molecule has 0 atom stereocenters. The molecule has 0 N–H and O–H groups in total. The normalized spacial score (nSPS) is 11.5. The van der Waals surface area contributed by atoms with Crippen LogP contribution in [0.1, 0.15) is 37.1 Å². The summed E-state index contributed by atoms with van der Waals surface area (Å²) in [6, 6.07) is 75.3. The van der Waals surface area contributed by atoms with Gasteiger partial charge in [-0.3, -0.25) is 9.97 Å². The van der Waals surface area contributed by atoms with Crippen molar-refractivity contribution >= 4 is 58.9 Å². The predicted molar refractivity (Wildman–Crippen MR) is 262 cm³/mol. The Morgan fingerprint density at radius 3 is 0.933 bits per heavy atom. The number of benzene rings is 7. The van der Waals surface area contributed by atoms with E-state index in [1.54, 1.807) is 0 Å². The molecule has 0 radical (unpaired) electrons. The minimum Gasteiger partial charge on any atom is -0.250 e. The van der Waals surface area contributed by atoms with Crippen molar-refractivity contribution in [2.24, 2.45) is 0 Å². The minimum atomic E-state index is -0.419. The van der Waals surface area contributed by atoms with E-state index >= 15 is 0 Å². The van der Waals surface area contributed by atoms with Crippen molar-refractivity contribution in [3.8, 4) is 22.3 Å². The monoisotopic (exact) mass is 812 g/mol. The fourth-order valence-electron chi connectivity index (χ4n) is 8.45. The molecule has 0 amide bonds. The van der Waals surface area contributed by atoms with Crippen LogP contribution in [-0.2, 0) is 12.8 Å². The third-order valence-electron chi connectivity index (χ3n) is 11.4. The molecule has 0 fully saturated rings. The maximum absolute atomic E-state index is 5.53. The van der Waals surface area contributed by atoms with Crippen LogP contribution in [0.3, 0.4) is 0 Å². The van der Waals surface area contributed by atoms with Crippen molar-refractivity contribution < 1.29 is 0 Å². The molecular weight excluding hydrogens is 763 g/mol. The SMILES string of the molecule is c1ccc(-c2cc(CCCCP(c3ccccc3)c3ccccc3)nc3c2ccc2c(-c4ccccc4)cc(CCCCP(c4ccccc4)c4ccccc4)nc23)cc1. The fourth-order valence-corrected chi connectivity index (χ4v) is 13.3. The molecule has 0 aliphatic carbocycles. The molecule has 0 saturated heterocycles. The Morgan fingerprint density at radius 2 is 0.617 bits per heavy atom. The summed E-state index contributed by atoms with van der Waals surface area (Å²) in [6.45, 7) is 0. The van der Waals surface area contributed by atoms with Gasteiger partial charge >= 0.3 is 0 Å². The van der Waals surface area contributed by atoms with Crippen LogP contribution in [0.15, 0.2) is 206 Å². The lowest BCUT2D eigenvalue weighted by atomic mass is 9.94. The van der Waals surface area contributed by atoms with Crippen molar-refractivity contribution in [2.45, 2.75) is 38.5 Å². The van der Waals surface area contributed by atoms with Crippen LogP contribution < -0.4 is 21.2 Å². The Kier molecular flexibility index (Phi) is 12.9. The molecule has 9 rings (SSSR count). The molecule has 60 heavy (non-hydrogen) atoms. The van der Waals surface area contributed by atoms with Crippen LogP contribution in [0.2, 0.25) is 0 Å². The molecule has 0 aliphatic rings. The van der Waals surface area contributed by atoms with E-state index in [0.29, 0.717) is 0 Å². The van der Waals surface area contributed by atoms with Gasteiger partial charge in [-0.15, -0.1) is 0 Å². The van der Waals surface area contributed by atoms with Crippen LogP contribution in [0.4, 0.5) is 0 Å². The van der Waals surface area contributed by atoms with Gasteiger partial charge in [0.1, 0.15) is 0 Å².